The number of carbonyl (C=O) groups is 5. The predicted octanol–water partition coefficient (Wildman–Crippen LogP) is 1.38. The van der Waals surface area contributed by atoms with Crippen molar-refractivity contribution in [2.45, 2.75) is 314 Å². The molecule has 0 aliphatic carbocycles. The summed E-state index contributed by atoms with van der Waals surface area (Å²) in [6.45, 7) is 11.1. The molecule has 0 fully saturated rings. The van der Waals surface area contributed by atoms with E-state index < -0.39 is 108 Å². The molecule has 0 aromatic rings. The third-order valence-electron chi connectivity index (χ3n) is 20.9. The van der Waals surface area contributed by atoms with E-state index in [1.54, 1.807) is 34.6 Å². The maximum atomic E-state index is 13.3. The first kappa shape index (κ1) is 109. The second kappa shape index (κ2) is 72.1. The summed E-state index contributed by atoms with van der Waals surface area (Å²) < 4.78 is 17.9. The van der Waals surface area contributed by atoms with Crippen LogP contribution >= 0.6 is 0 Å². The van der Waals surface area contributed by atoms with Crippen molar-refractivity contribution in [2.24, 2.45) is 15.8 Å². The quantitative estimate of drug-likeness (QED) is 0.0232. The van der Waals surface area contributed by atoms with Gasteiger partial charge in [0.25, 0.3) is 11.8 Å². The predicted molar refractivity (Wildman–Crippen MR) is 447 cm³/mol. The van der Waals surface area contributed by atoms with Gasteiger partial charge in [-0.25, -0.2) is 0 Å². The van der Waals surface area contributed by atoms with E-state index in [0.717, 1.165) is 167 Å². The molecule has 0 rings (SSSR count). The molecule has 0 radical (unpaired) electrons. The van der Waals surface area contributed by atoms with E-state index in [1.165, 1.54) is 83.5 Å². The second-order valence-corrected chi connectivity index (χ2v) is 30.8. The fourth-order valence-electron chi connectivity index (χ4n) is 12.9. The summed E-state index contributed by atoms with van der Waals surface area (Å²) in [7, 11) is 4.03. The summed E-state index contributed by atoms with van der Waals surface area (Å²) in [5.74, 6) is -3.03. The summed E-state index contributed by atoms with van der Waals surface area (Å²) in [4.78, 5) is 81.9. The minimum atomic E-state index is -2.23. The van der Waals surface area contributed by atoms with E-state index in [0.29, 0.717) is 64.3 Å². The van der Waals surface area contributed by atoms with E-state index in [1.807, 2.05) is 28.5 Å². The van der Waals surface area contributed by atoms with Crippen molar-refractivity contribution in [3.05, 3.63) is 0 Å². The fraction of sp³-hybridized carbons (Fsp3) is 0.920. The molecule has 32 nitrogen and oxygen atoms in total. The molecular weight excluding hydrogens is 1460 g/mol. The number of aliphatic hydroxyl groups excluding tert-OH is 10. The van der Waals surface area contributed by atoms with Crippen molar-refractivity contribution in [1.82, 2.24) is 45.4 Å². The second-order valence-electron chi connectivity index (χ2n) is 30.8. The number of aliphatic imine (C=N–C) groups is 1. The Balaban J connectivity index is 4.44. The van der Waals surface area contributed by atoms with Crippen molar-refractivity contribution >= 4 is 77.8 Å². The van der Waals surface area contributed by atoms with Gasteiger partial charge >= 0.3 is 314 Å². The van der Waals surface area contributed by atoms with Gasteiger partial charge in [-0.1, -0.05) is 122 Å². The first-order chi connectivity index (χ1) is 54.1. The SMILES string of the molecule is CB(O)N(C)CCCN(CCCCCOB=NCC(CCCCCCNC(=O)CCCCCCCCCCCCCCCCCCCCCCCNC(=O)CCC(=O)N(CCNC(=O)C(O)C(O)C(O)C(O)CO)CCNC(=O)C(O)C(O)C(O)C(O)CO)CN=C(B=O)CCCCN(CCCN(C)B(C)O)B(C)O)B(C)O. The van der Waals surface area contributed by atoms with Crippen LogP contribution < -0.4 is 21.3 Å². The fourth-order valence-corrected chi connectivity index (χ4v) is 12.9. The number of hydrogen-bond acceptors (Lipinski definition) is 27. The van der Waals surface area contributed by atoms with Gasteiger partial charge in [0.2, 0.25) is 11.8 Å². The van der Waals surface area contributed by atoms with Gasteiger partial charge in [-0.15, -0.1) is 0 Å². The number of rotatable bonds is 79. The Labute approximate surface area is 679 Å². The van der Waals surface area contributed by atoms with Crippen LogP contribution in [0.3, 0.4) is 0 Å². The molecule has 38 heteroatoms. The van der Waals surface area contributed by atoms with Gasteiger partial charge in [0.1, 0.15) is 36.6 Å². The van der Waals surface area contributed by atoms with Crippen LogP contribution in [0.1, 0.15) is 238 Å². The summed E-state index contributed by atoms with van der Waals surface area (Å²) in [5, 5.41) is 148. The molecule has 18 N–H and O–H groups in total. The topological polar surface area (TPSA) is 484 Å². The summed E-state index contributed by atoms with van der Waals surface area (Å²) in [6.07, 6.45) is 19.5. The van der Waals surface area contributed by atoms with Crippen LogP contribution in [0.15, 0.2) is 9.89 Å². The van der Waals surface area contributed by atoms with Gasteiger partial charge in [-0.3, -0.25) is 19.2 Å². The van der Waals surface area contributed by atoms with Gasteiger partial charge in [-0.05, 0) is 19.7 Å². The van der Waals surface area contributed by atoms with E-state index in [-0.39, 0.29) is 56.8 Å². The normalized spacial score (nSPS) is 14.3. The van der Waals surface area contributed by atoms with Gasteiger partial charge < -0.3 is 76.9 Å². The zero-order valence-electron chi connectivity index (χ0n) is 70.1. The van der Waals surface area contributed by atoms with Crippen molar-refractivity contribution in [3.63, 3.8) is 0 Å². The molecule has 0 aliphatic heterocycles. The molecule has 9 unspecified atom stereocenters. The van der Waals surface area contributed by atoms with E-state index in [4.69, 9.17) is 19.9 Å². The van der Waals surface area contributed by atoms with Crippen LogP contribution in [-0.4, -0.2) is 347 Å². The first-order valence-corrected chi connectivity index (χ1v) is 42.9. The minimum absolute atomic E-state index is 0.131. The van der Waals surface area contributed by atoms with Gasteiger partial charge in [0, 0.05) is 45.6 Å². The third-order valence-corrected chi connectivity index (χ3v) is 20.9. The van der Waals surface area contributed by atoms with Crippen LogP contribution in [0.2, 0.25) is 27.3 Å². The molecule has 0 aliphatic rings. The van der Waals surface area contributed by atoms with E-state index in [9.17, 15) is 89.6 Å². The third kappa shape index (κ3) is 58.6. The molecule has 113 heavy (non-hydrogen) atoms. The molecule has 0 heterocycles. The molecular formula is C75H153B6N11O21. The standard InChI is InChI=1S/C75H153B6N11O21/c1-78(109)88(5)48-37-52-91(80(3)111)50-34-28-36-56-113-77-87-58-61(57-86-64(76-108)40-31-35-51-92(81(4)112)53-38-49-89(6)79(2)110)39-29-25-27-33-44-82-65(97)41-30-24-22-20-18-16-14-12-10-8-7-9-11-13-15-17-19-21-23-26-32-45-83-66(98)42-43-67(99)90(54-46-84-74(106)72(104)70(102)68(100)62(95)59-93)55-47-85-75(107)73(105)71(103)69(101)63(96)60-94/h61-63,68-73,93-96,100-105,109-112H,7-60H2,1-6H3,(H,82,97)(H,83,98)(H,84,106)(H,85,107). The molecule has 9 atom stereocenters. The number of hydrogen-bond donors (Lipinski definition) is 18. The number of amides is 5. The van der Waals surface area contributed by atoms with Crippen LogP contribution in [0.25, 0.3) is 0 Å². The number of carbonyl (C=O) groups excluding carboxylic acids is 5. The molecule has 0 aromatic carbocycles. The van der Waals surface area contributed by atoms with Crippen molar-refractivity contribution in [1.29, 1.82) is 0 Å². The van der Waals surface area contributed by atoms with E-state index in [2.05, 4.69) is 31.0 Å². The zero-order chi connectivity index (χ0) is 84.4. The zero-order valence-corrected chi connectivity index (χ0v) is 70.1. The maximum absolute atomic E-state index is 13.3. The molecule has 0 spiro atoms. The average molecular weight is 1610 g/mol. The van der Waals surface area contributed by atoms with Gasteiger partial charge in [-0.2, -0.15) is 0 Å². The molecule has 0 saturated carbocycles. The Morgan fingerprint density at radius 2 is 0.770 bits per heavy atom. The number of unbranched alkanes of at least 4 members (excludes halogenated alkanes) is 26. The van der Waals surface area contributed by atoms with Crippen LogP contribution in [0.5, 0.6) is 0 Å². The van der Waals surface area contributed by atoms with Crippen LogP contribution in [-0.2, 0) is 33.3 Å². The molecule has 0 bridgehead atoms. The van der Waals surface area contributed by atoms with Crippen LogP contribution in [0.4, 0.5) is 0 Å². The Morgan fingerprint density at radius 1 is 0.398 bits per heavy atom. The monoisotopic (exact) mass is 1610 g/mol. The summed E-state index contributed by atoms with van der Waals surface area (Å²) in [6, 6.07) is 0. The number of nitrogens with zero attached hydrogens (tertiary/aromatic N) is 7. The molecule has 652 valence electrons. The van der Waals surface area contributed by atoms with Crippen molar-refractivity contribution in [2.75, 3.05) is 126 Å². The van der Waals surface area contributed by atoms with Gasteiger partial charge in [0.15, 0.2) is 12.2 Å². The number of aliphatic hydroxyl groups is 10. The Kier molecular flexibility index (Phi) is 69.6. The Hall–Kier alpha value is -3.91. The Morgan fingerprint density at radius 3 is 1.18 bits per heavy atom. The van der Waals surface area contributed by atoms with Crippen molar-refractivity contribution in [3.8, 4) is 0 Å². The molecule has 0 saturated heterocycles. The van der Waals surface area contributed by atoms with Crippen LogP contribution in [0, 0.1) is 5.92 Å². The van der Waals surface area contributed by atoms with Crippen molar-refractivity contribution < 1.29 is 104 Å². The van der Waals surface area contributed by atoms with E-state index >= 15 is 0 Å². The first-order valence-electron chi connectivity index (χ1n) is 42.9. The summed E-state index contributed by atoms with van der Waals surface area (Å²) >= 11 is 0. The van der Waals surface area contributed by atoms with Gasteiger partial charge in [0.05, 0.1) is 13.2 Å². The summed E-state index contributed by atoms with van der Waals surface area (Å²) in [5.41, 5.74) is 0.545. The molecule has 5 amide bonds. The number of nitrogens with one attached hydrogen (secondary N) is 4. The Bertz CT molecular complexity index is 2400. The average Bonchev–Trinajstić information content (AvgIpc) is 0.877. The molecule has 0 aromatic heterocycles.